The van der Waals surface area contributed by atoms with E-state index in [9.17, 15) is 4.79 Å². The van der Waals surface area contributed by atoms with Gasteiger partial charge in [0.2, 0.25) is 0 Å². The van der Waals surface area contributed by atoms with Crippen LogP contribution in [-0.4, -0.2) is 45.1 Å². The third-order valence-corrected chi connectivity index (χ3v) is 6.11. The predicted octanol–water partition coefficient (Wildman–Crippen LogP) is 3.87. The molecule has 2 aromatic carbocycles. The van der Waals surface area contributed by atoms with Crippen LogP contribution in [0.15, 0.2) is 47.6 Å². The van der Waals surface area contributed by atoms with E-state index in [2.05, 4.69) is 10.5 Å². The molecule has 2 aliphatic rings. The van der Waals surface area contributed by atoms with Crippen molar-refractivity contribution in [2.24, 2.45) is 11.1 Å². The first kappa shape index (κ1) is 23.1. The second-order valence-electron chi connectivity index (χ2n) is 8.48. The molecule has 1 fully saturated rings. The minimum atomic E-state index is -0.0894. The molecular formula is C26H32N2O5. The Morgan fingerprint density at radius 3 is 2.67 bits per heavy atom. The van der Waals surface area contributed by atoms with Crippen LogP contribution in [-0.2, 0) is 27.4 Å². The Morgan fingerprint density at radius 2 is 1.88 bits per heavy atom. The number of methoxy groups -OCH3 is 1. The molecular weight excluding hydrogens is 420 g/mol. The summed E-state index contributed by atoms with van der Waals surface area (Å²) in [7, 11) is 1.65. The van der Waals surface area contributed by atoms with Crippen LogP contribution in [0.3, 0.4) is 0 Å². The van der Waals surface area contributed by atoms with Gasteiger partial charge in [0.25, 0.3) is 5.91 Å². The summed E-state index contributed by atoms with van der Waals surface area (Å²) in [5.41, 5.74) is 4.25. The van der Waals surface area contributed by atoms with E-state index in [1.807, 2.05) is 42.5 Å². The summed E-state index contributed by atoms with van der Waals surface area (Å²) < 4.78 is 16.3. The first-order valence-corrected chi connectivity index (χ1v) is 11.6. The van der Waals surface area contributed by atoms with Crippen LogP contribution in [0, 0.1) is 5.92 Å². The summed E-state index contributed by atoms with van der Waals surface area (Å²) in [5.74, 6) is 1.93. The van der Waals surface area contributed by atoms with Gasteiger partial charge in [0.05, 0.1) is 12.8 Å². The fourth-order valence-electron chi connectivity index (χ4n) is 4.14. The maximum atomic E-state index is 12.2. The van der Waals surface area contributed by atoms with Crippen molar-refractivity contribution < 1.29 is 23.8 Å². The third-order valence-electron chi connectivity index (χ3n) is 6.11. The second kappa shape index (κ2) is 11.7. The van der Waals surface area contributed by atoms with Crippen LogP contribution >= 0.6 is 0 Å². The monoisotopic (exact) mass is 452 g/mol. The van der Waals surface area contributed by atoms with E-state index in [0.29, 0.717) is 24.8 Å². The largest absolute Gasteiger partial charge is 0.497 e. The van der Waals surface area contributed by atoms with Crippen molar-refractivity contribution in [3.8, 4) is 11.5 Å². The van der Waals surface area contributed by atoms with Crippen LogP contribution in [0.1, 0.15) is 42.4 Å². The lowest BCUT2D eigenvalue weighted by molar-refractivity contribution is -0.123. The number of benzene rings is 2. The number of carbonyl (C=O) groups excluding carboxylic acids is 1. The first-order valence-electron chi connectivity index (χ1n) is 11.6. The number of oxime groups is 1. The van der Waals surface area contributed by atoms with Crippen molar-refractivity contribution in [1.29, 1.82) is 0 Å². The van der Waals surface area contributed by atoms with E-state index >= 15 is 0 Å². The Bertz CT molecular complexity index is 952. The smallest absolute Gasteiger partial charge is 0.257 e. The standard InChI is InChI=1S/C26H32N2O5/c1-30-22-7-5-20(6-8-22)17-33-28-25-4-2-3-21-15-23(9-10-24(21)25)32-18-26(29)27-16-19-11-13-31-14-12-19/h5-10,15,19H,2-4,11-14,16-18H2,1H3,(H,27,29)/b28-25+. The first-order chi connectivity index (χ1) is 16.2. The van der Waals surface area contributed by atoms with E-state index < -0.39 is 0 Å². The minimum Gasteiger partial charge on any atom is -0.497 e. The maximum Gasteiger partial charge on any atom is 0.257 e. The number of nitrogens with zero attached hydrogens (tertiary/aromatic N) is 1. The van der Waals surface area contributed by atoms with Gasteiger partial charge >= 0.3 is 0 Å². The quantitative estimate of drug-likeness (QED) is 0.585. The summed E-state index contributed by atoms with van der Waals surface area (Å²) in [4.78, 5) is 17.8. The molecule has 7 heteroatoms. The van der Waals surface area contributed by atoms with E-state index in [4.69, 9.17) is 19.0 Å². The molecule has 7 nitrogen and oxygen atoms in total. The molecule has 0 bridgehead atoms. The molecule has 1 aliphatic carbocycles. The van der Waals surface area contributed by atoms with Gasteiger partial charge in [-0.25, -0.2) is 0 Å². The molecule has 1 N–H and O–H groups in total. The summed E-state index contributed by atoms with van der Waals surface area (Å²) >= 11 is 0. The highest BCUT2D eigenvalue weighted by Crippen LogP contribution is 2.26. The van der Waals surface area contributed by atoms with Gasteiger partial charge in [-0.15, -0.1) is 0 Å². The summed E-state index contributed by atoms with van der Waals surface area (Å²) in [5, 5.41) is 7.38. The molecule has 0 atom stereocenters. The number of rotatable bonds is 9. The fraction of sp³-hybridized carbons (Fsp3) is 0.462. The Balaban J connectivity index is 1.27. The van der Waals surface area contributed by atoms with Gasteiger partial charge in [0.1, 0.15) is 18.1 Å². The number of hydrogen-bond acceptors (Lipinski definition) is 6. The highest BCUT2D eigenvalue weighted by molar-refractivity contribution is 6.02. The molecule has 1 amide bonds. The third kappa shape index (κ3) is 6.71. The van der Waals surface area contributed by atoms with E-state index in [1.165, 1.54) is 5.56 Å². The lowest BCUT2D eigenvalue weighted by Gasteiger charge is -2.22. The zero-order valence-corrected chi connectivity index (χ0v) is 19.2. The minimum absolute atomic E-state index is 0.0218. The zero-order valence-electron chi connectivity index (χ0n) is 19.2. The molecule has 0 spiro atoms. The average Bonchev–Trinajstić information content (AvgIpc) is 2.87. The van der Waals surface area contributed by atoms with Crippen molar-refractivity contribution in [3.63, 3.8) is 0 Å². The van der Waals surface area contributed by atoms with Crippen molar-refractivity contribution in [2.45, 2.75) is 38.7 Å². The second-order valence-corrected chi connectivity index (χ2v) is 8.48. The van der Waals surface area contributed by atoms with Crippen LogP contribution in [0.4, 0.5) is 0 Å². The molecule has 0 unspecified atom stereocenters. The summed E-state index contributed by atoms with van der Waals surface area (Å²) in [6.45, 7) is 2.68. The Hall–Kier alpha value is -3.06. The van der Waals surface area contributed by atoms with Crippen molar-refractivity contribution in [1.82, 2.24) is 5.32 Å². The normalized spacial score (nSPS) is 17.3. The van der Waals surface area contributed by atoms with Gasteiger partial charge < -0.3 is 24.4 Å². The van der Waals surface area contributed by atoms with E-state index in [1.54, 1.807) is 7.11 Å². The number of aryl methyl sites for hydroxylation is 1. The molecule has 4 rings (SSSR count). The van der Waals surface area contributed by atoms with Gasteiger partial charge in [-0.05, 0) is 79.5 Å². The van der Waals surface area contributed by atoms with Crippen molar-refractivity contribution in [2.75, 3.05) is 33.5 Å². The lowest BCUT2D eigenvalue weighted by Crippen LogP contribution is -2.35. The number of nitrogens with one attached hydrogen (secondary N) is 1. The molecule has 1 saturated heterocycles. The molecule has 1 heterocycles. The topological polar surface area (TPSA) is 78.4 Å². The number of ether oxygens (including phenoxy) is 3. The van der Waals surface area contributed by atoms with Gasteiger partial charge in [-0.3, -0.25) is 4.79 Å². The lowest BCUT2D eigenvalue weighted by atomic mass is 9.90. The number of hydrogen-bond donors (Lipinski definition) is 1. The average molecular weight is 453 g/mol. The summed E-state index contributed by atoms with van der Waals surface area (Å²) in [6.07, 6.45) is 4.84. The molecule has 2 aromatic rings. The highest BCUT2D eigenvalue weighted by Gasteiger charge is 2.18. The molecule has 176 valence electrons. The van der Waals surface area contributed by atoms with E-state index in [-0.39, 0.29) is 12.5 Å². The van der Waals surface area contributed by atoms with Gasteiger partial charge in [0, 0.05) is 25.3 Å². The Kier molecular flexibility index (Phi) is 8.19. The Labute approximate surface area is 195 Å². The van der Waals surface area contributed by atoms with Crippen LogP contribution in [0.5, 0.6) is 11.5 Å². The zero-order chi connectivity index (χ0) is 22.9. The predicted molar refractivity (Wildman–Crippen MR) is 126 cm³/mol. The van der Waals surface area contributed by atoms with Crippen molar-refractivity contribution in [3.05, 3.63) is 59.2 Å². The molecule has 1 aliphatic heterocycles. The van der Waals surface area contributed by atoms with Crippen molar-refractivity contribution >= 4 is 11.6 Å². The maximum absolute atomic E-state index is 12.2. The van der Waals surface area contributed by atoms with Crippen LogP contribution < -0.4 is 14.8 Å². The SMILES string of the molecule is COc1ccc(CO/N=C2\CCCc3cc(OCC(=O)NCC4CCOCC4)ccc32)cc1. The summed E-state index contributed by atoms with van der Waals surface area (Å²) in [6, 6.07) is 13.7. The van der Waals surface area contributed by atoms with E-state index in [0.717, 1.165) is 67.9 Å². The number of fused-ring (bicyclic) bond motifs is 1. The molecule has 33 heavy (non-hydrogen) atoms. The number of carbonyl (C=O) groups is 1. The molecule has 0 radical (unpaired) electrons. The van der Waals surface area contributed by atoms with Gasteiger partial charge in [0.15, 0.2) is 6.61 Å². The van der Waals surface area contributed by atoms with Crippen LogP contribution in [0.2, 0.25) is 0 Å². The molecule has 0 aromatic heterocycles. The number of amides is 1. The van der Waals surface area contributed by atoms with Gasteiger partial charge in [-0.2, -0.15) is 0 Å². The molecule has 0 saturated carbocycles. The Morgan fingerprint density at radius 1 is 1.09 bits per heavy atom. The van der Waals surface area contributed by atoms with Gasteiger partial charge in [-0.1, -0.05) is 17.3 Å². The van der Waals surface area contributed by atoms with Crippen LogP contribution in [0.25, 0.3) is 0 Å². The highest BCUT2D eigenvalue weighted by atomic mass is 16.6. The fourth-order valence-corrected chi connectivity index (χ4v) is 4.14.